The van der Waals surface area contributed by atoms with Gasteiger partial charge in [0.25, 0.3) is 0 Å². The third-order valence-corrected chi connectivity index (χ3v) is 1.64. The van der Waals surface area contributed by atoms with Crippen LogP contribution in [0.4, 0.5) is 0 Å². The molecular weight excluding hydrogens is 300 g/mol. The molecule has 0 spiro atoms. The van der Waals surface area contributed by atoms with E-state index in [2.05, 4.69) is 4.74 Å². The van der Waals surface area contributed by atoms with Gasteiger partial charge in [-0.3, -0.25) is 19.2 Å². The zero-order valence-corrected chi connectivity index (χ0v) is 11.3. The summed E-state index contributed by atoms with van der Waals surface area (Å²) >= 11 is 0. The Bertz CT molecular complexity index is 349. The zero-order valence-electron chi connectivity index (χ0n) is 10.5. The first-order chi connectivity index (χ1) is 8.61. The highest BCUT2D eigenvalue weighted by Crippen LogP contribution is 1.89. The molecule has 10 nitrogen and oxygen atoms in total. The summed E-state index contributed by atoms with van der Waals surface area (Å²) in [5, 5.41) is 24.2. The average Bonchev–Trinajstić information content (AvgIpc) is 2.28. The fourth-order valence-electron chi connectivity index (χ4n) is 0.626. The Labute approximate surface area is 120 Å². The molecule has 0 rings (SSSR count). The Balaban J connectivity index is -0.000000277. The van der Waals surface area contributed by atoms with Gasteiger partial charge in [-0.25, -0.2) is 0 Å². The first-order valence-electron chi connectivity index (χ1n) is 4.87. The minimum absolute atomic E-state index is 0. The maximum absolute atomic E-state index is 10.4. The van der Waals surface area contributed by atoms with Gasteiger partial charge in [-0.05, 0) is 0 Å². The van der Waals surface area contributed by atoms with E-state index in [1.165, 1.54) is 7.11 Å². The maximum Gasteiger partial charge on any atom is 0.321 e. The van der Waals surface area contributed by atoms with Crippen LogP contribution in [0.5, 0.6) is 0 Å². The molecule has 0 bridgehead atoms. The van der Waals surface area contributed by atoms with Crippen molar-refractivity contribution in [3.63, 3.8) is 0 Å². The Morgan fingerprint density at radius 1 is 0.950 bits per heavy atom. The van der Waals surface area contributed by atoms with Gasteiger partial charge in [-0.1, -0.05) is 0 Å². The van der Waals surface area contributed by atoms with E-state index in [1.807, 2.05) is 0 Å². The molecular formula is C9H17ClN2O8. The van der Waals surface area contributed by atoms with E-state index in [-0.39, 0.29) is 18.8 Å². The quantitative estimate of drug-likeness (QED) is 0.351. The van der Waals surface area contributed by atoms with Crippen molar-refractivity contribution in [1.82, 2.24) is 0 Å². The number of hydrogen-bond donors (Lipinski definition) is 5. The number of rotatable bonds is 6. The van der Waals surface area contributed by atoms with Crippen LogP contribution in [0.3, 0.4) is 0 Å². The summed E-state index contributed by atoms with van der Waals surface area (Å²) in [5.41, 5.74) is 9.83. The molecule has 0 fully saturated rings. The van der Waals surface area contributed by atoms with Crippen molar-refractivity contribution in [3.05, 3.63) is 0 Å². The molecule has 0 aromatic heterocycles. The highest BCUT2D eigenvalue weighted by Gasteiger charge is 2.16. The molecule has 20 heavy (non-hydrogen) atoms. The third-order valence-electron chi connectivity index (χ3n) is 1.64. The molecule has 0 aliphatic rings. The van der Waals surface area contributed by atoms with Gasteiger partial charge in [0.15, 0.2) is 0 Å². The molecule has 0 saturated carbocycles. The zero-order chi connectivity index (χ0) is 15.6. The largest absolute Gasteiger partial charge is 0.481 e. The van der Waals surface area contributed by atoms with Gasteiger partial charge in [0, 0.05) is 0 Å². The van der Waals surface area contributed by atoms with E-state index in [1.54, 1.807) is 0 Å². The lowest BCUT2D eigenvalue weighted by molar-refractivity contribution is -0.146. The van der Waals surface area contributed by atoms with Crippen LogP contribution in [-0.4, -0.2) is 58.4 Å². The Morgan fingerprint density at radius 3 is 1.50 bits per heavy atom. The lowest BCUT2D eigenvalue weighted by Crippen LogP contribution is -2.32. The van der Waals surface area contributed by atoms with Crippen LogP contribution in [0.25, 0.3) is 0 Å². The average molecular weight is 317 g/mol. The minimum atomic E-state index is -1.29. The number of carboxylic acid groups (broad SMARTS) is 3. The van der Waals surface area contributed by atoms with Crippen LogP contribution in [0.15, 0.2) is 0 Å². The van der Waals surface area contributed by atoms with Gasteiger partial charge < -0.3 is 31.5 Å². The summed E-state index contributed by atoms with van der Waals surface area (Å²) in [6.45, 7) is 0. The number of esters is 1. The lowest BCUT2D eigenvalue weighted by Gasteiger charge is -2.02. The number of methoxy groups -OCH3 is 1. The highest BCUT2D eigenvalue weighted by molar-refractivity contribution is 5.85. The van der Waals surface area contributed by atoms with Gasteiger partial charge in [0.2, 0.25) is 0 Å². The molecule has 0 aromatic carbocycles. The summed E-state index contributed by atoms with van der Waals surface area (Å²) in [4.78, 5) is 40.0. The predicted molar refractivity (Wildman–Crippen MR) is 67.4 cm³/mol. The number of carboxylic acids is 3. The first kappa shape index (κ1) is 23.2. The van der Waals surface area contributed by atoms with Crippen molar-refractivity contribution in [2.75, 3.05) is 7.11 Å². The summed E-state index contributed by atoms with van der Waals surface area (Å²) < 4.78 is 4.19. The molecule has 118 valence electrons. The normalized spacial score (nSPS) is 11.8. The van der Waals surface area contributed by atoms with E-state index in [4.69, 9.17) is 26.8 Å². The molecule has 0 heterocycles. The molecule has 0 aromatic rings. The van der Waals surface area contributed by atoms with Crippen LogP contribution < -0.4 is 11.5 Å². The summed E-state index contributed by atoms with van der Waals surface area (Å²) in [7, 11) is 1.18. The van der Waals surface area contributed by atoms with Crippen LogP contribution in [-0.2, 0) is 23.9 Å². The minimum Gasteiger partial charge on any atom is -0.481 e. The van der Waals surface area contributed by atoms with E-state index in [0.29, 0.717) is 0 Å². The van der Waals surface area contributed by atoms with Crippen LogP contribution >= 0.6 is 12.4 Å². The molecule has 11 heteroatoms. The maximum atomic E-state index is 10.4. The summed E-state index contributed by atoms with van der Waals surface area (Å²) in [6, 6.07) is -2.45. The van der Waals surface area contributed by atoms with Crippen LogP contribution in [0.2, 0.25) is 0 Å². The van der Waals surface area contributed by atoms with Crippen molar-refractivity contribution >= 4 is 36.3 Å². The second kappa shape index (κ2) is 12.1. The van der Waals surface area contributed by atoms with E-state index >= 15 is 0 Å². The monoisotopic (exact) mass is 316 g/mol. The molecule has 2 atom stereocenters. The molecule has 0 saturated heterocycles. The third kappa shape index (κ3) is 14.2. The molecule has 7 N–H and O–H groups in total. The number of halogens is 1. The Morgan fingerprint density at radius 2 is 1.30 bits per heavy atom. The van der Waals surface area contributed by atoms with E-state index in [0.717, 1.165) is 0 Å². The summed E-state index contributed by atoms with van der Waals surface area (Å²) in [6.07, 6.45) is -0.818. The van der Waals surface area contributed by atoms with Gasteiger partial charge in [-0.2, -0.15) is 0 Å². The first-order valence-corrected chi connectivity index (χ1v) is 4.87. The van der Waals surface area contributed by atoms with Crippen molar-refractivity contribution in [1.29, 1.82) is 0 Å². The van der Waals surface area contributed by atoms with Gasteiger partial charge in [0.05, 0.1) is 20.0 Å². The second-order valence-electron chi connectivity index (χ2n) is 3.27. The van der Waals surface area contributed by atoms with Gasteiger partial charge in [0.1, 0.15) is 12.1 Å². The molecule has 0 aliphatic carbocycles. The van der Waals surface area contributed by atoms with E-state index < -0.39 is 42.4 Å². The lowest BCUT2D eigenvalue weighted by atomic mass is 10.2. The molecule has 0 unspecified atom stereocenters. The number of aliphatic carboxylic acids is 3. The Hall–Kier alpha value is -1.91. The fraction of sp³-hybridized carbons (Fsp3) is 0.556. The SMILES string of the molecule is COC(=O)C[C@H](N)C(=O)O.Cl.N[C@@H](CC(=O)O)C(=O)O. The van der Waals surface area contributed by atoms with Gasteiger partial charge >= 0.3 is 23.9 Å². The number of nitrogens with two attached hydrogens (primary N) is 2. The Kier molecular flexibility index (Phi) is 14.1. The molecule has 0 amide bonds. The highest BCUT2D eigenvalue weighted by atomic mass is 35.5. The van der Waals surface area contributed by atoms with Crippen molar-refractivity contribution < 1.29 is 39.2 Å². The topological polar surface area (TPSA) is 190 Å². The smallest absolute Gasteiger partial charge is 0.321 e. The van der Waals surface area contributed by atoms with Crippen LogP contribution in [0.1, 0.15) is 12.8 Å². The molecule has 0 aliphatic heterocycles. The number of hydrogen-bond acceptors (Lipinski definition) is 7. The van der Waals surface area contributed by atoms with Crippen molar-refractivity contribution in [3.8, 4) is 0 Å². The van der Waals surface area contributed by atoms with Crippen molar-refractivity contribution in [2.45, 2.75) is 24.9 Å². The number of carbonyl (C=O) groups is 4. The van der Waals surface area contributed by atoms with Crippen molar-refractivity contribution in [2.24, 2.45) is 11.5 Å². The van der Waals surface area contributed by atoms with E-state index in [9.17, 15) is 19.2 Å². The second-order valence-corrected chi connectivity index (χ2v) is 3.27. The standard InChI is InChI=1S/C5H9NO4.C4H7NO4.ClH/c1-10-4(7)2-3(6)5(8)9;5-2(4(8)9)1-3(6)7;/h3H,2,6H2,1H3,(H,8,9);2H,1,5H2,(H,6,7)(H,8,9);1H/t3-;2-;/m00./s1. The van der Waals surface area contributed by atoms with Crippen LogP contribution in [0, 0.1) is 0 Å². The van der Waals surface area contributed by atoms with Gasteiger partial charge in [-0.15, -0.1) is 12.4 Å². The fourth-order valence-corrected chi connectivity index (χ4v) is 0.626. The predicted octanol–water partition coefficient (Wildman–Crippen LogP) is -1.74. The molecule has 0 radical (unpaired) electrons. The number of ether oxygens (including phenoxy) is 1. The number of carbonyl (C=O) groups excluding carboxylic acids is 1. The summed E-state index contributed by atoms with van der Waals surface area (Å²) in [5.74, 6) is -4.32.